The minimum absolute atomic E-state index is 0.113. The third-order valence-corrected chi connectivity index (χ3v) is 5.80. The molecule has 36 heavy (non-hydrogen) atoms. The minimum atomic E-state index is -0.580. The predicted octanol–water partition coefficient (Wildman–Crippen LogP) is 4.24. The Hall–Kier alpha value is -4.67. The molecule has 2 aromatic carbocycles. The zero-order valence-electron chi connectivity index (χ0n) is 19.9. The summed E-state index contributed by atoms with van der Waals surface area (Å²) in [4.78, 5) is 36.0. The van der Waals surface area contributed by atoms with Crippen LogP contribution in [0.1, 0.15) is 50.6 Å². The summed E-state index contributed by atoms with van der Waals surface area (Å²) in [5, 5.41) is 18.0. The first-order valence-electron chi connectivity index (χ1n) is 11.1. The van der Waals surface area contributed by atoms with Crippen LogP contribution in [0.3, 0.4) is 0 Å². The van der Waals surface area contributed by atoms with Gasteiger partial charge in [-0.05, 0) is 38.0 Å². The van der Waals surface area contributed by atoms with E-state index in [1.165, 1.54) is 38.5 Å². The molecular formula is C25H24N4O7. The van der Waals surface area contributed by atoms with E-state index in [0.717, 1.165) is 6.42 Å². The summed E-state index contributed by atoms with van der Waals surface area (Å²) in [5.41, 5.74) is 4.68. The molecule has 1 aliphatic rings. The predicted molar refractivity (Wildman–Crippen MR) is 131 cm³/mol. The maximum atomic E-state index is 13.1. The van der Waals surface area contributed by atoms with Gasteiger partial charge >= 0.3 is 0 Å². The molecule has 1 aliphatic carbocycles. The first-order valence-corrected chi connectivity index (χ1v) is 11.1. The Bertz CT molecular complexity index is 1380. The summed E-state index contributed by atoms with van der Waals surface area (Å²) >= 11 is 0. The fourth-order valence-corrected chi connectivity index (χ4v) is 4.02. The van der Waals surface area contributed by atoms with Crippen molar-refractivity contribution in [2.75, 3.05) is 19.5 Å². The number of nitro benzene ring substituents is 1. The number of hydrogen-bond donors (Lipinski definition) is 2. The number of furan rings is 1. The van der Waals surface area contributed by atoms with Crippen LogP contribution in [0.5, 0.6) is 11.5 Å². The normalized spacial score (nSPS) is 13.6. The van der Waals surface area contributed by atoms with Crippen molar-refractivity contribution in [3.8, 4) is 11.5 Å². The van der Waals surface area contributed by atoms with Gasteiger partial charge in [0.25, 0.3) is 17.5 Å². The van der Waals surface area contributed by atoms with Gasteiger partial charge in [0, 0.05) is 41.3 Å². The van der Waals surface area contributed by atoms with Crippen molar-refractivity contribution in [2.45, 2.75) is 26.2 Å². The summed E-state index contributed by atoms with van der Waals surface area (Å²) in [6.45, 7) is 1.76. The first kappa shape index (κ1) is 24.5. The summed E-state index contributed by atoms with van der Waals surface area (Å²) < 4.78 is 16.4. The molecule has 0 saturated carbocycles. The van der Waals surface area contributed by atoms with E-state index in [4.69, 9.17) is 13.9 Å². The highest BCUT2D eigenvalue weighted by molar-refractivity contribution is 6.10. The molecule has 11 nitrogen and oxygen atoms in total. The van der Waals surface area contributed by atoms with Crippen molar-refractivity contribution in [2.24, 2.45) is 5.10 Å². The van der Waals surface area contributed by atoms with Gasteiger partial charge in [0.2, 0.25) is 0 Å². The minimum Gasteiger partial charge on any atom is -0.497 e. The van der Waals surface area contributed by atoms with Gasteiger partial charge in [0.05, 0.1) is 30.5 Å². The van der Waals surface area contributed by atoms with Gasteiger partial charge in [0.1, 0.15) is 17.3 Å². The highest BCUT2D eigenvalue weighted by Crippen LogP contribution is 2.33. The molecule has 1 aromatic heterocycles. The Morgan fingerprint density at radius 2 is 1.89 bits per heavy atom. The van der Waals surface area contributed by atoms with E-state index in [2.05, 4.69) is 15.8 Å². The number of amides is 2. The average molecular weight is 492 g/mol. The van der Waals surface area contributed by atoms with Crippen LogP contribution in [-0.2, 0) is 6.42 Å². The van der Waals surface area contributed by atoms with Crippen molar-refractivity contribution < 1.29 is 28.4 Å². The SMILES string of the molecule is COc1ccc(NC(=O)c2oc3c(c2C)/C(=N/NC(=O)c2cccc([N+](=O)[O-])c2)CCC3)c(OC)c1. The third kappa shape index (κ3) is 4.90. The second-order valence-corrected chi connectivity index (χ2v) is 8.04. The van der Waals surface area contributed by atoms with Gasteiger partial charge < -0.3 is 19.2 Å². The van der Waals surface area contributed by atoms with Gasteiger partial charge in [-0.2, -0.15) is 5.10 Å². The standard InChI is InChI=1S/C25H24N4O7/c1-14-22-19(27-28-24(30)15-6-4-7-16(12-15)29(32)33)8-5-9-20(22)36-23(14)25(31)26-18-11-10-17(34-2)13-21(18)35-3/h4,6-7,10-13H,5,8-9H2,1-3H3,(H,26,31)(H,28,30)/b27-19+. The van der Waals surface area contributed by atoms with E-state index in [1.54, 1.807) is 25.1 Å². The van der Waals surface area contributed by atoms with Gasteiger partial charge in [-0.1, -0.05) is 6.07 Å². The van der Waals surface area contributed by atoms with E-state index in [9.17, 15) is 19.7 Å². The number of rotatable bonds is 7. The summed E-state index contributed by atoms with van der Waals surface area (Å²) in [6.07, 6.45) is 1.90. The molecular weight excluding hydrogens is 468 g/mol. The van der Waals surface area contributed by atoms with Crippen LogP contribution < -0.4 is 20.2 Å². The molecule has 1 heterocycles. The number of methoxy groups -OCH3 is 2. The number of nitro groups is 1. The van der Waals surface area contributed by atoms with Crippen molar-refractivity contribution >= 4 is 28.9 Å². The number of benzene rings is 2. The Labute approximate surface area is 206 Å². The van der Waals surface area contributed by atoms with Gasteiger partial charge in [-0.15, -0.1) is 0 Å². The summed E-state index contributed by atoms with van der Waals surface area (Å²) in [7, 11) is 3.03. The van der Waals surface area contributed by atoms with Crippen molar-refractivity contribution in [1.82, 2.24) is 5.43 Å². The number of nitrogens with zero attached hydrogens (tertiary/aromatic N) is 2. The number of aryl methyl sites for hydroxylation is 1. The smallest absolute Gasteiger partial charge is 0.291 e. The lowest BCUT2D eigenvalue weighted by Crippen LogP contribution is -2.22. The molecule has 2 amide bonds. The van der Waals surface area contributed by atoms with Crippen LogP contribution in [0.2, 0.25) is 0 Å². The van der Waals surface area contributed by atoms with Gasteiger partial charge in [-0.3, -0.25) is 19.7 Å². The van der Waals surface area contributed by atoms with E-state index in [0.29, 0.717) is 52.6 Å². The van der Waals surface area contributed by atoms with E-state index in [-0.39, 0.29) is 17.0 Å². The lowest BCUT2D eigenvalue weighted by atomic mass is 9.93. The van der Waals surface area contributed by atoms with Crippen LogP contribution in [0.15, 0.2) is 52.0 Å². The molecule has 0 saturated heterocycles. The van der Waals surface area contributed by atoms with Crippen molar-refractivity contribution in [3.63, 3.8) is 0 Å². The molecule has 0 aliphatic heterocycles. The van der Waals surface area contributed by atoms with Gasteiger partial charge in [-0.25, -0.2) is 5.43 Å². The zero-order chi connectivity index (χ0) is 25.8. The van der Waals surface area contributed by atoms with Gasteiger partial charge in [0.15, 0.2) is 5.76 Å². The third-order valence-electron chi connectivity index (χ3n) is 5.80. The maximum absolute atomic E-state index is 13.1. The largest absolute Gasteiger partial charge is 0.497 e. The van der Waals surface area contributed by atoms with E-state index < -0.39 is 16.7 Å². The maximum Gasteiger partial charge on any atom is 0.291 e. The topological polar surface area (TPSA) is 145 Å². The molecule has 0 atom stereocenters. The highest BCUT2D eigenvalue weighted by Gasteiger charge is 2.28. The number of carbonyl (C=O) groups excluding carboxylic acids is 2. The average Bonchev–Trinajstić information content (AvgIpc) is 3.24. The van der Waals surface area contributed by atoms with Crippen molar-refractivity contribution in [3.05, 3.63) is 80.8 Å². The molecule has 186 valence electrons. The Balaban J connectivity index is 1.56. The molecule has 11 heteroatoms. The Morgan fingerprint density at radius 3 is 2.61 bits per heavy atom. The van der Waals surface area contributed by atoms with Crippen LogP contribution >= 0.6 is 0 Å². The molecule has 0 bridgehead atoms. The number of carbonyl (C=O) groups is 2. The number of fused-ring (bicyclic) bond motifs is 1. The van der Waals surface area contributed by atoms with E-state index >= 15 is 0 Å². The lowest BCUT2D eigenvalue weighted by Gasteiger charge is -2.13. The zero-order valence-corrected chi connectivity index (χ0v) is 19.9. The summed E-state index contributed by atoms with van der Waals surface area (Å²) in [5.74, 6) is 0.728. The van der Waals surface area contributed by atoms with Crippen LogP contribution in [-0.4, -0.2) is 36.7 Å². The number of nitrogens with one attached hydrogen (secondary N) is 2. The molecule has 0 radical (unpaired) electrons. The second kappa shape index (κ2) is 10.3. The number of hydrazone groups is 1. The Morgan fingerprint density at radius 1 is 1.08 bits per heavy atom. The number of hydrogen-bond acceptors (Lipinski definition) is 8. The fraction of sp³-hybridized carbons (Fsp3) is 0.240. The van der Waals surface area contributed by atoms with E-state index in [1.807, 2.05) is 0 Å². The quantitative estimate of drug-likeness (QED) is 0.371. The molecule has 4 rings (SSSR count). The number of anilines is 1. The first-order chi connectivity index (χ1) is 17.3. The molecule has 0 fully saturated rings. The monoisotopic (exact) mass is 492 g/mol. The molecule has 0 unspecified atom stereocenters. The number of non-ortho nitro benzene ring substituents is 1. The molecule has 2 N–H and O–H groups in total. The summed E-state index contributed by atoms with van der Waals surface area (Å²) in [6, 6.07) is 10.4. The lowest BCUT2D eigenvalue weighted by molar-refractivity contribution is -0.384. The molecule has 0 spiro atoms. The number of ether oxygens (including phenoxy) is 2. The van der Waals surface area contributed by atoms with Crippen LogP contribution in [0.25, 0.3) is 0 Å². The Kier molecular flexibility index (Phi) is 7.00. The second-order valence-electron chi connectivity index (χ2n) is 8.04. The van der Waals surface area contributed by atoms with Crippen LogP contribution in [0, 0.1) is 17.0 Å². The van der Waals surface area contributed by atoms with Crippen molar-refractivity contribution in [1.29, 1.82) is 0 Å². The molecule has 3 aromatic rings. The highest BCUT2D eigenvalue weighted by atomic mass is 16.6. The van der Waals surface area contributed by atoms with Crippen LogP contribution in [0.4, 0.5) is 11.4 Å². The fourth-order valence-electron chi connectivity index (χ4n) is 4.02.